The minimum Gasteiger partial charge on any atom is -0.289 e. The SMILES string of the molecule is CSC(C)(C)NC(C)(C)SC. The predicted molar refractivity (Wildman–Crippen MR) is 58.3 cm³/mol. The summed E-state index contributed by atoms with van der Waals surface area (Å²) in [5.74, 6) is 0. The molecule has 0 aliphatic carbocycles. The fourth-order valence-electron chi connectivity index (χ4n) is 0.827. The monoisotopic (exact) mass is 193 g/mol. The van der Waals surface area contributed by atoms with Gasteiger partial charge in [-0.1, -0.05) is 0 Å². The van der Waals surface area contributed by atoms with Crippen molar-refractivity contribution >= 4 is 23.5 Å². The number of nitrogens with one attached hydrogen (secondary N) is 1. The zero-order chi connectivity index (χ0) is 9.12. The molecule has 0 saturated carbocycles. The summed E-state index contributed by atoms with van der Waals surface area (Å²) in [7, 11) is 0. The second kappa shape index (κ2) is 4.06. The zero-order valence-electron chi connectivity index (χ0n) is 8.32. The van der Waals surface area contributed by atoms with Gasteiger partial charge in [0.1, 0.15) is 0 Å². The lowest BCUT2D eigenvalue weighted by Crippen LogP contribution is -2.47. The Balaban J connectivity index is 4.02. The van der Waals surface area contributed by atoms with Crippen LogP contribution in [0.3, 0.4) is 0 Å². The van der Waals surface area contributed by atoms with Gasteiger partial charge in [-0.05, 0) is 40.2 Å². The van der Waals surface area contributed by atoms with Crippen LogP contribution in [0.4, 0.5) is 0 Å². The van der Waals surface area contributed by atoms with Crippen molar-refractivity contribution in [1.29, 1.82) is 0 Å². The minimum atomic E-state index is 0.173. The molecule has 0 radical (unpaired) electrons. The topological polar surface area (TPSA) is 12.0 Å². The van der Waals surface area contributed by atoms with Crippen molar-refractivity contribution in [1.82, 2.24) is 5.32 Å². The van der Waals surface area contributed by atoms with Gasteiger partial charge in [0.2, 0.25) is 0 Å². The molecular formula is C8H19NS2. The van der Waals surface area contributed by atoms with Crippen LogP contribution in [0.5, 0.6) is 0 Å². The van der Waals surface area contributed by atoms with E-state index in [1.54, 1.807) is 0 Å². The molecule has 0 unspecified atom stereocenters. The van der Waals surface area contributed by atoms with Gasteiger partial charge in [-0.3, -0.25) is 5.32 Å². The van der Waals surface area contributed by atoms with Crippen molar-refractivity contribution < 1.29 is 0 Å². The lowest BCUT2D eigenvalue weighted by molar-refractivity contribution is 0.450. The van der Waals surface area contributed by atoms with Gasteiger partial charge in [-0.25, -0.2) is 0 Å². The molecule has 1 nitrogen and oxygen atoms in total. The first-order valence-electron chi connectivity index (χ1n) is 3.72. The molecule has 0 heterocycles. The molecule has 0 atom stereocenters. The summed E-state index contributed by atoms with van der Waals surface area (Å²) in [5, 5.41) is 3.56. The number of thioether (sulfide) groups is 2. The summed E-state index contributed by atoms with van der Waals surface area (Å²) >= 11 is 3.69. The quantitative estimate of drug-likeness (QED) is 0.690. The van der Waals surface area contributed by atoms with E-state index in [1.165, 1.54) is 0 Å². The average Bonchev–Trinajstić information content (AvgIpc) is 1.86. The first kappa shape index (κ1) is 11.7. The Bertz CT molecular complexity index is 107. The summed E-state index contributed by atoms with van der Waals surface area (Å²) in [5.41, 5.74) is 0. The largest absolute Gasteiger partial charge is 0.289 e. The van der Waals surface area contributed by atoms with Crippen LogP contribution in [0, 0.1) is 0 Å². The van der Waals surface area contributed by atoms with E-state index in [2.05, 4.69) is 45.5 Å². The van der Waals surface area contributed by atoms with Crippen molar-refractivity contribution in [2.75, 3.05) is 12.5 Å². The third kappa shape index (κ3) is 4.99. The Kier molecular flexibility index (Phi) is 4.30. The van der Waals surface area contributed by atoms with E-state index in [0.717, 1.165) is 0 Å². The maximum atomic E-state index is 3.56. The first-order chi connectivity index (χ1) is 4.83. The van der Waals surface area contributed by atoms with Crippen LogP contribution in [-0.4, -0.2) is 22.3 Å². The Morgan fingerprint density at radius 2 is 1.09 bits per heavy atom. The third-order valence-corrected chi connectivity index (χ3v) is 3.87. The molecule has 0 aliphatic heterocycles. The highest BCUT2D eigenvalue weighted by Gasteiger charge is 2.25. The fraction of sp³-hybridized carbons (Fsp3) is 1.00. The van der Waals surface area contributed by atoms with Crippen molar-refractivity contribution in [3.8, 4) is 0 Å². The van der Waals surface area contributed by atoms with Crippen LogP contribution in [0.2, 0.25) is 0 Å². The summed E-state index contributed by atoms with van der Waals surface area (Å²) in [6.07, 6.45) is 4.26. The Hall–Kier alpha value is 0.660. The molecule has 11 heavy (non-hydrogen) atoms. The van der Waals surface area contributed by atoms with Crippen molar-refractivity contribution in [3.63, 3.8) is 0 Å². The molecule has 0 fully saturated rings. The van der Waals surface area contributed by atoms with Crippen molar-refractivity contribution in [2.24, 2.45) is 0 Å². The fourth-order valence-corrected chi connectivity index (χ4v) is 1.61. The second-order valence-corrected chi connectivity index (χ2v) is 6.41. The Morgan fingerprint density at radius 3 is 1.27 bits per heavy atom. The Morgan fingerprint density at radius 1 is 0.818 bits per heavy atom. The van der Waals surface area contributed by atoms with E-state index >= 15 is 0 Å². The third-order valence-electron chi connectivity index (χ3n) is 1.62. The molecule has 68 valence electrons. The smallest absolute Gasteiger partial charge is 0.0595 e. The molecule has 0 rings (SSSR count). The van der Waals surface area contributed by atoms with Crippen LogP contribution in [0.1, 0.15) is 27.7 Å². The van der Waals surface area contributed by atoms with Gasteiger partial charge in [-0.2, -0.15) is 0 Å². The average molecular weight is 193 g/mol. The number of rotatable bonds is 4. The summed E-state index contributed by atoms with van der Waals surface area (Å²) in [6, 6.07) is 0. The lowest BCUT2D eigenvalue weighted by atomic mass is 10.3. The normalized spacial score (nSPS) is 13.6. The van der Waals surface area contributed by atoms with Gasteiger partial charge in [0.25, 0.3) is 0 Å². The van der Waals surface area contributed by atoms with Crippen LogP contribution in [0.25, 0.3) is 0 Å². The van der Waals surface area contributed by atoms with Gasteiger partial charge in [-0.15, -0.1) is 23.5 Å². The highest BCUT2D eigenvalue weighted by molar-refractivity contribution is 8.00. The molecule has 0 amide bonds. The van der Waals surface area contributed by atoms with Crippen molar-refractivity contribution in [3.05, 3.63) is 0 Å². The molecule has 0 aromatic heterocycles. The second-order valence-electron chi connectivity index (χ2n) is 3.55. The molecule has 1 N–H and O–H groups in total. The van der Waals surface area contributed by atoms with Crippen molar-refractivity contribution in [2.45, 2.75) is 37.4 Å². The minimum absolute atomic E-state index is 0.173. The van der Waals surface area contributed by atoms with Gasteiger partial charge < -0.3 is 0 Å². The van der Waals surface area contributed by atoms with E-state index in [4.69, 9.17) is 0 Å². The van der Waals surface area contributed by atoms with Gasteiger partial charge in [0.15, 0.2) is 0 Å². The van der Waals surface area contributed by atoms with E-state index in [1.807, 2.05) is 23.5 Å². The van der Waals surface area contributed by atoms with Gasteiger partial charge in [0, 0.05) is 0 Å². The highest BCUT2D eigenvalue weighted by atomic mass is 32.2. The lowest BCUT2D eigenvalue weighted by Gasteiger charge is -2.34. The van der Waals surface area contributed by atoms with Crippen LogP contribution < -0.4 is 5.32 Å². The molecule has 0 aliphatic rings. The molecule has 0 bridgehead atoms. The van der Waals surface area contributed by atoms with E-state index in [-0.39, 0.29) is 9.74 Å². The van der Waals surface area contributed by atoms with Gasteiger partial charge in [0.05, 0.1) is 9.74 Å². The maximum Gasteiger partial charge on any atom is 0.0595 e. The molecule has 0 spiro atoms. The first-order valence-corrected chi connectivity index (χ1v) is 6.17. The highest BCUT2D eigenvalue weighted by Crippen LogP contribution is 2.26. The molecule has 0 aromatic rings. The zero-order valence-corrected chi connectivity index (χ0v) is 9.95. The summed E-state index contributed by atoms with van der Waals surface area (Å²) < 4.78 is 0. The molecule has 3 heteroatoms. The van der Waals surface area contributed by atoms with E-state index < -0.39 is 0 Å². The predicted octanol–water partition coefficient (Wildman–Crippen LogP) is 2.77. The van der Waals surface area contributed by atoms with Gasteiger partial charge >= 0.3 is 0 Å². The van der Waals surface area contributed by atoms with E-state index in [0.29, 0.717) is 0 Å². The molecule has 0 aromatic carbocycles. The number of hydrogen-bond donors (Lipinski definition) is 1. The molecule has 0 saturated heterocycles. The summed E-state index contributed by atoms with van der Waals surface area (Å²) in [4.78, 5) is 0.346. The molecular weight excluding hydrogens is 174 g/mol. The maximum absolute atomic E-state index is 3.56. The van der Waals surface area contributed by atoms with Crippen LogP contribution in [0.15, 0.2) is 0 Å². The number of hydrogen-bond acceptors (Lipinski definition) is 3. The Labute approximate surface area is 79.1 Å². The van der Waals surface area contributed by atoms with E-state index in [9.17, 15) is 0 Å². The van der Waals surface area contributed by atoms with Crippen LogP contribution in [-0.2, 0) is 0 Å². The standard InChI is InChI=1S/C8H19NS2/c1-7(2,10-5)9-8(3,4)11-6/h9H,1-6H3. The van der Waals surface area contributed by atoms with Crippen LogP contribution >= 0.6 is 23.5 Å². The summed E-state index contributed by atoms with van der Waals surface area (Å²) in [6.45, 7) is 8.82.